The summed E-state index contributed by atoms with van der Waals surface area (Å²) in [5.41, 5.74) is 0.778. The number of rotatable bonds is 2. The van der Waals surface area contributed by atoms with Crippen LogP contribution < -0.4 is 0 Å². The summed E-state index contributed by atoms with van der Waals surface area (Å²) in [7, 11) is 0. The molecule has 0 saturated heterocycles. The van der Waals surface area contributed by atoms with Gasteiger partial charge in [-0.05, 0) is 36.8 Å². The van der Waals surface area contributed by atoms with E-state index >= 15 is 0 Å². The Morgan fingerprint density at radius 3 is 2.10 bits per heavy atom. The summed E-state index contributed by atoms with van der Waals surface area (Å²) in [4.78, 5) is 12.4. The Balaban J connectivity index is 2.39. The first-order valence-electron chi connectivity index (χ1n) is 5.88. The Hall–Kier alpha value is -1.14. The largest absolute Gasteiger partial charge is 0.416 e. The third-order valence-corrected chi connectivity index (χ3v) is 4.48. The van der Waals surface area contributed by atoms with Crippen LogP contribution >= 0.6 is 31.9 Å². The van der Waals surface area contributed by atoms with Gasteiger partial charge in [-0.1, -0.05) is 44.0 Å². The quantitative estimate of drug-likeness (QED) is 0.562. The number of alkyl halides is 3. The fraction of sp³-hybridized carbons (Fsp3) is 0.133. The van der Waals surface area contributed by atoms with Gasteiger partial charge >= 0.3 is 6.18 Å². The molecule has 21 heavy (non-hydrogen) atoms. The number of carbonyl (C=O) groups excluding carboxylic acids is 1. The van der Waals surface area contributed by atoms with E-state index in [0.29, 0.717) is 10.0 Å². The van der Waals surface area contributed by atoms with Crippen molar-refractivity contribution in [3.05, 3.63) is 67.6 Å². The zero-order chi connectivity index (χ0) is 15.8. The number of carbonyl (C=O) groups is 1. The monoisotopic (exact) mass is 420 g/mol. The maximum atomic E-state index is 12.5. The zero-order valence-corrected chi connectivity index (χ0v) is 13.9. The van der Waals surface area contributed by atoms with E-state index in [-0.39, 0.29) is 11.3 Å². The zero-order valence-electron chi connectivity index (χ0n) is 10.8. The van der Waals surface area contributed by atoms with Crippen molar-refractivity contribution in [1.29, 1.82) is 0 Å². The number of benzene rings is 2. The first kappa shape index (κ1) is 16.2. The van der Waals surface area contributed by atoms with Crippen LogP contribution in [0.15, 0.2) is 45.3 Å². The number of hydrogen-bond donors (Lipinski definition) is 0. The van der Waals surface area contributed by atoms with Crippen molar-refractivity contribution >= 4 is 37.6 Å². The lowest BCUT2D eigenvalue weighted by atomic mass is 10.0. The minimum Gasteiger partial charge on any atom is -0.289 e. The Morgan fingerprint density at radius 1 is 1.00 bits per heavy atom. The molecule has 0 unspecified atom stereocenters. The van der Waals surface area contributed by atoms with E-state index in [2.05, 4.69) is 31.9 Å². The molecule has 0 amide bonds. The molecule has 6 heteroatoms. The van der Waals surface area contributed by atoms with Crippen molar-refractivity contribution in [2.45, 2.75) is 13.1 Å². The fourth-order valence-corrected chi connectivity index (χ4v) is 2.77. The van der Waals surface area contributed by atoms with Crippen molar-refractivity contribution in [3.8, 4) is 0 Å². The predicted molar refractivity (Wildman–Crippen MR) is 81.5 cm³/mol. The maximum absolute atomic E-state index is 12.5. The van der Waals surface area contributed by atoms with Crippen molar-refractivity contribution in [2.75, 3.05) is 0 Å². The van der Waals surface area contributed by atoms with Crippen LogP contribution in [0.2, 0.25) is 0 Å². The molecule has 2 rings (SSSR count). The molecule has 0 aromatic heterocycles. The summed E-state index contributed by atoms with van der Waals surface area (Å²) >= 11 is 6.64. The number of hydrogen-bond acceptors (Lipinski definition) is 1. The minimum atomic E-state index is -4.41. The molecule has 0 saturated carbocycles. The van der Waals surface area contributed by atoms with Gasteiger partial charge in [-0.25, -0.2) is 0 Å². The molecule has 2 aromatic carbocycles. The third-order valence-electron chi connectivity index (χ3n) is 2.97. The Labute approximate surface area is 136 Å². The van der Waals surface area contributed by atoms with Gasteiger partial charge in [0, 0.05) is 20.1 Å². The van der Waals surface area contributed by atoms with Gasteiger partial charge in [-0.3, -0.25) is 4.79 Å². The standard InChI is InChI=1S/C15H9Br2F3O/c1-8-6-13(17)11(7-12(8)16)14(21)9-2-4-10(5-3-9)15(18,19)20/h2-7H,1H3. The van der Waals surface area contributed by atoms with Crippen LogP contribution in [0, 0.1) is 6.92 Å². The molecule has 110 valence electrons. The fourth-order valence-electron chi connectivity index (χ4n) is 1.79. The van der Waals surface area contributed by atoms with Crippen molar-refractivity contribution < 1.29 is 18.0 Å². The molecule has 0 bridgehead atoms. The second-order valence-corrected chi connectivity index (χ2v) is 6.19. The molecular weight excluding hydrogens is 413 g/mol. The van der Waals surface area contributed by atoms with E-state index in [0.717, 1.165) is 22.2 Å². The number of ketones is 1. The second-order valence-electron chi connectivity index (χ2n) is 4.49. The van der Waals surface area contributed by atoms with E-state index in [9.17, 15) is 18.0 Å². The molecule has 0 atom stereocenters. The molecule has 0 N–H and O–H groups in total. The highest BCUT2D eigenvalue weighted by Gasteiger charge is 2.30. The van der Waals surface area contributed by atoms with Gasteiger partial charge in [-0.15, -0.1) is 0 Å². The highest BCUT2D eigenvalue weighted by atomic mass is 79.9. The summed E-state index contributed by atoms with van der Waals surface area (Å²) in [5.74, 6) is -0.337. The van der Waals surface area contributed by atoms with E-state index < -0.39 is 11.7 Å². The first-order chi connectivity index (χ1) is 9.70. The minimum absolute atomic E-state index is 0.208. The van der Waals surface area contributed by atoms with Crippen LogP contribution in [0.4, 0.5) is 13.2 Å². The third kappa shape index (κ3) is 3.55. The van der Waals surface area contributed by atoms with Gasteiger partial charge in [0.05, 0.1) is 5.56 Å². The number of aryl methyl sites for hydroxylation is 1. The summed E-state index contributed by atoms with van der Waals surface area (Å²) in [6.07, 6.45) is -4.41. The van der Waals surface area contributed by atoms with E-state index in [1.165, 1.54) is 12.1 Å². The molecule has 0 aliphatic heterocycles. The van der Waals surface area contributed by atoms with Crippen molar-refractivity contribution in [1.82, 2.24) is 0 Å². The van der Waals surface area contributed by atoms with Crippen LogP contribution in [0.1, 0.15) is 27.0 Å². The molecule has 0 spiro atoms. The van der Waals surface area contributed by atoms with Crippen LogP contribution in [-0.2, 0) is 6.18 Å². The average Bonchev–Trinajstić information content (AvgIpc) is 2.41. The Bertz CT molecular complexity index is 691. The summed E-state index contributed by atoms with van der Waals surface area (Å²) in [6.45, 7) is 1.88. The van der Waals surface area contributed by atoms with Gasteiger partial charge < -0.3 is 0 Å². The summed E-state index contributed by atoms with van der Waals surface area (Å²) in [6, 6.07) is 7.62. The molecule has 0 fully saturated rings. The highest BCUT2D eigenvalue weighted by molar-refractivity contribution is 9.11. The molecule has 0 radical (unpaired) electrons. The predicted octanol–water partition coefficient (Wildman–Crippen LogP) is 5.77. The molecule has 2 aromatic rings. The topological polar surface area (TPSA) is 17.1 Å². The van der Waals surface area contributed by atoms with Gasteiger partial charge in [0.2, 0.25) is 0 Å². The van der Waals surface area contributed by atoms with Gasteiger partial charge in [0.25, 0.3) is 0 Å². The summed E-state index contributed by atoms with van der Waals surface area (Å²) < 4.78 is 38.9. The van der Waals surface area contributed by atoms with Crippen molar-refractivity contribution in [2.24, 2.45) is 0 Å². The lowest BCUT2D eigenvalue weighted by Crippen LogP contribution is -2.07. The van der Waals surface area contributed by atoms with E-state index in [1.807, 2.05) is 6.92 Å². The second kappa shape index (κ2) is 5.93. The molecule has 0 aliphatic rings. The first-order valence-corrected chi connectivity index (χ1v) is 7.46. The molecule has 0 aliphatic carbocycles. The lowest BCUT2D eigenvalue weighted by molar-refractivity contribution is -0.137. The smallest absolute Gasteiger partial charge is 0.289 e. The van der Waals surface area contributed by atoms with E-state index in [4.69, 9.17) is 0 Å². The van der Waals surface area contributed by atoms with Crippen LogP contribution in [0.5, 0.6) is 0 Å². The normalized spacial score (nSPS) is 11.5. The van der Waals surface area contributed by atoms with Crippen molar-refractivity contribution in [3.63, 3.8) is 0 Å². The molecular formula is C15H9Br2F3O. The van der Waals surface area contributed by atoms with Gasteiger partial charge in [-0.2, -0.15) is 13.2 Å². The van der Waals surface area contributed by atoms with Crippen LogP contribution in [0.25, 0.3) is 0 Å². The van der Waals surface area contributed by atoms with Crippen LogP contribution in [-0.4, -0.2) is 5.78 Å². The van der Waals surface area contributed by atoms with Gasteiger partial charge in [0.15, 0.2) is 5.78 Å². The Kier molecular flexibility index (Phi) is 4.58. The van der Waals surface area contributed by atoms with E-state index in [1.54, 1.807) is 12.1 Å². The Morgan fingerprint density at radius 2 is 1.57 bits per heavy atom. The average molecular weight is 422 g/mol. The summed E-state index contributed by atoms with van der Waals surface area (Å²) in [5, 5.41) is 0. The molecule has 0 heterocycles. The van der Waals surface area contributed by atoms with Crippen LogP contribution in [0.3, 0.4) is 0 Å². The number of halogens is 5. The highest BCUT2D eigenvalue weighted by Crippen LogP contribution is 2.31. The SMILES string of the molecule is Cc1cc(Br)c(C(=O)c2ccc(C(F)(F)F)cc2)cc1Br. The lowest BCUT2D eigenvalue weighted by Gasteiger charge is -2.09. The van der Waals surface area contributed by atoms with Gasteiger partial charge in [0.1, 0.15) is 0 Å². The maximum Gasteiger partial charge on any atom is 0.416 e. The molecule has 1 nitrogen and oxygen atoms in total.